The lowest BCUT2D eigenvalue weighted by Crippen LogP contribution is -2.14. The Labute approximate surface area is 105 Å². The highest BCUT2D eigenvalue weighted by Crippen LogP contribution is 2.22. The van der Waals surface area contributed by atoms with Crippen molar-refractivity contribution in [2.24, 2.45) is 5.92 Å². The molecular formula is C12H14ClNO3. The van der Waals surface area contributed by atoms with Gasteiger partial charge in [0.1, 0.15) is 0 Å². The van der Waals surface area contributed by atoms with Gasteiger partial charge in [0.25, 0.3) is 0 Å². The minimum atomic E-state index is -1.01. The fourth-order valence-corrected chi connectivity index (χ4v) is 2.07. The molecule has 1 aliphatic rings. The van der Waals surface area contributed by atoms with Crippen LogP contribution in [0, 0.1) is 5.92 Å². The van der Waals surface area contributed by atoms with E-state index in [1.54, 1.807) is 12.1 Å². The molecule has 1 aliphatic heterocycles. The molecule has 0 radical (unpaired) electrons. The summed E-state index contributed by atoms with van der Waals surface area (Å²) in [5.74, 6) is -0.487. The van der Waals surface area contributed by atoms with Gasteiger partial charge in [-0.1, -0.05) is 11.6 Å². The molecule has 1 fully saturated rings. The largest absolute Gasteiger partial charge is 0.478 e. The normalized spacial score (nSPS) is 19.2. The first-order valence-corrected chi connectivity index (χ1v) is 5.89. The van der Waals surface area contributed by atoms with Crippen LogP contribution in [0.5, 0.6) is 0 Å². The van der Waals surface area contributed by atoms with E-state index in [2.05, 4.69) is 5.32 Å². The van der Waals surface area contributed by atoms with Gasteiger partial charge in [-0.15, -0.1) is 0 Å². The molecule has 1 aromatic carbocycles. The van der Waals surface area contributed by atoms with E-state index in [4.69, 9.17) is 21.4 Å². The van der Waals surface area contributed by atoms with Crippen LogP contribution in [0.1, 0.15) is 16.8 Å². The number of ether oxygens (including phenoxy) is 1. The predicted molar refractivity (Wildman–Crippen MR) is 65.8 cm³/mol. The molecule has 1 aromatic rings. The molecule has 4 nitrogen and oxygen atoms in total. The highest BCUT2D eigenvalue weighted by molar-refractivity contribution is 6.33. The van der Waals surface area contributed by atoms with Gasteiger partial charge < -0.3 is 15.2 Å². The number of nitrogens with one attached hydrogen (secondary N) is 1. The number of carboxylic acid groups (broad SMARTS) is 1. The summed E-state index contributed by atoms with van der Waals surface area (Å²) in [6, 6.07) is 4.88. The lowest BCUT2D eigenvalue weighted by molar-refractivity contribution is 0.0697. The molecule has 0 aliphatic carbocycles. The van der Waals surface area contributed by atoms with Crippen LogP contribution in [0.3, 0.4) is 0 Å². The molecular weight excluding hydrogens is 242 g/mol. The molecule has 2 rings (SSSR count). The summed E-state index contributed by atoms with van der Waals surface area (Å²) in [5, 5.41) is 12.3. The lowest BCUT2D eigenvalue weighted by atomic mass is 10.1. The molecule has 92 valence electrons. The number of aromatic carboxylic acids is 1. The van der Waals surface area contributed by atoms with Crippen LogP contribution in [-0.4, -0.2) is 30.8 Å². The molecule has 1 atom stereocenters. The van der Waals surface area contributed by atoms with Crippen LogP contribution in [0.15, 0.2) is 18.2 Å². The van der Waals surface area contributed by atoms with Crippen molar-refractivity contribution in [2.75, 3.05) is 25.1 Å². The van der Waals surface area contributed by atoms with E-state index in [0.29, 0.717) is 5.92 Å². The molecule has 2 N–H and O–H groups in total. The minimum absolute atomic E-state index is 0.126. The van der Waals surface area contributed by atoms with E-state index in [0.717, 1.165) is 31.9 Å². The van der Waals surface area contributed by atoms with Gasteiger partial charge in [0.2, 0.25) is 0 Å². The zero-order chi connectivity index (χ0) is 12.3. The van der Waals surface area contributed by atoms with Gasteiger partial charge in [-0.25, -0.2) is 4.79 Å². The predicted octanol–water partition coefficient (Wildman–Crippen LogP) is 2.49. The molecule has 1 heterocycles. The van der Waals surface area contributed by atoms with Gasteiger partial charge in [-0.3, -0.25) is 0 Å². The highest BCUT2D eigenvalue weighted by Gasteiger charge is 2.15. The highest BCUT2D eigenvalue weighted by atomic mass is 35.5. The molecule has 0 bridgehead atoms. The topological polar surface area (TPSA) is 58.6 Å². The first kappa shape index (κ1) is 12.2. The summed E-state index contributed by atoms with van der Waals surface area (Å²) >= 11 is 5.87. The number of anilines is 1. The minimum Gasteiger partial charge on any atom is -0.478 e. The Hall–Kier alpha value is -1.26. The van der Waals surface area contributed by atoms with Crippen LogP contribution in [0.2, 0.25) is 5.02 Å². The molecule has 1 saturated heterocycles. The number of carboxylic acids is 1. The summed E-state index contributed by atoms with van der Waals surface area (Å²) < 4.78 is 5.28. The summed E-state index contributed by atoms with van der Waals surface area (Å²) in [7, 11) is 0. The molecule has 0 amide bonds. The van der Waals surface area contributed by atoms with Crippen molar-refractivity contribution >= 4 is 23.3 Å². The van der Waals surface area contributed by atoms with Gasteiger partial charge in [-0.05, 0) is 24.6 Å². The second kappa shape index (κ2) is 5.38. The summed E-state index contributed by atoms with van der Waals surface area (Å²) in [6.07, 6.45) is 1.06. The number of carbonyl (C=O) groups is 1. The van der Waals surface area contributed by atoms with Crippen molar-refractivity contribution in [1.82, 2.24) is 0 Å². The second-order valence-corrected chi connectivity index (χ2v) is 4.52. The van der Waals surface area contributed by atoms with E-state index >= 15 is 0 Å². The number of rotatable bonds is 4. The Bertz CT molecular complexity index is 416. The Balaban J connectivity index is 1.97. The number of hydrogen-bond acceptors (Lipinski definition) is 3. The lowest BCUT2D eigenvalue weighted by Gasteiger charge is -2.11. The summed E-state index contributed by atoms with van der Waals surface area (Å²) in [4.78, 5) is 10.8. The van der Waals surface area contributed by atoms with Gasteiger partial charge in [0, 0.05) is 24.8 Å². The Kier molecular flexibility index (Phi) is 3.86. The maximum Gasteiger partial charge on any atom is 0.337 e. The van der Waals surface area contributed by atoms with Crippen molar-refractivity contribution in [1.29, 1.82) is 0 Å². The molecule has 17 heavy (non-hydrogen) atoms. The smallest absolute Gasteiger partial charge is 0.337 e. The number of benzene rings is 1. The van der Waals surface area contributed by atoms with Crippen LogP contribution in [0.4, 0.5) is 5.69 Å². The molecule has 0 spiro atoms. The van der Waals surface area contributed by atoms with E-state index < -0.39 is 5.97 Å². The first-order chi connectivity index (χ1) is 8.16. The maximum atomic E-state index is 10.8. The Morgan fingerprint density at radius 1 is 1.59 bits per heavy atom. The van der Waals surface area contributed by atoms with E-state index in [1.165, 1.54) is 6.07 Å². The van der Waals surface area contributed by atoms with E-state index in [9.17, 15) is 4.79 Å². The molecule has 0 saturated carbocycles. The monoisotopic (exact) mass is 255 g/mol. The van der Waals surface area contributed by atoms with Crippen LogP contribution in [-0.2, 0) is 4.74 Å². The van der Waals surface area contributed by atoms with Crippen molar-refractivity contribution in [2.45, 2.75) is 6.42 Å². The van der Waals surface area contributed by atoms with E-state index in [-0.39, 0.29) is 10.6 Å². The van der Waals surface area contributed by atoms with Crippen LogP contribution >= 0.6 is 11.6 Å². The first-order valence-electron chi connectivity index (χ1n) is 5.51. The number of halogens is 1. The maximum absolute atomic E-state index is 10.8. The molecule has 1 unspecified atom stereocenters. The van der Waals surface area contributed by atoms with Gasteiger partial charge in [-0.2, -0.15) is 0 Å². The Morgan fingerprint density at radius 3 is 3.00 bits per heavy atom. The van der Waals surface area contributed by atoms with Crippen LogP contribution in [0.25, 0.3) is 0 Å². The Morgan fingerprint density at radius 2 is 2.41 bits per heavy atom. The van der Waals surface area contributed by atoms with Crippen molar-refractivity contribution < 1.29 is 14.6 Å². The average Bonchev–Trinajstić information content (AvgIpc) is 2.78. The second-order valence-electron chi connectivity index (χ2n) is 4.11. The van der Waals surface area contributed by atoms with Gasteiger partial charge >= 0.3 is 5.97 Å². The SMILES string of the molecule is O=C(O)c1ccc(NCC2CCOC2)cc1Cl. The van der Waals surface area contributed by atoms with Crippen molar-refractivity contribution in [3.05, 3.63) is 28.8 Å². The number of hydrogen-bond donors (Lipinski definition) is 2. The standard InChI is InChI=1S/C12H14ClNO3/c13-11-5-9(1-2-10(11)12(15)16)14-6-8-3-4-17-7-8/h1-2,5,8,14H,3-4,6-7H2,(H,15,16). The summed E-state index contributed by atoms with van der Waals surface area (Å²) in [5.41, 5.74) is 0.966. The van der Waals surface area contributed by atoms with Crippen LogP contribution < -0.4 is 5.32 Å². The zero-order valence-corrected chi connectivity index (χ0v) is 10.0. The third kappa shape index (κ3) is 3.11. The third-order valence-corrected chi connectivity index (χ3v) is 3.13. The zero-order valence-electron chi connectivity index (χ0n) is 9.28. The fraction of sp³-hybridized carbons (Fsp3) is 0.417. The van der Waals surface area contributed by atoms with Crippen molar-refractivity contribution in [3.8, 4) is 0 Å². The molecule has 0 aromatic heterocycles. The van der Waals surface area contributed by atoms with Gasteiger partial charge in [0.15, 0.2) is 0 Å². The van der Waals surface area contributed by atoms with Gasteiger partial charge in [0.05, 0.1) is 17.2 Å². The fourth-order valence-electron chi connectivity index (χ4n) is 1.81. The van der Waals surface area contributed by atoms with E-state index in [1.807, 2.05) is 0 Å². The van der Waals surface area contributed by atoms with Crippen molar-refractivity contribution in [3.63, 3.8) is 0 Å². The molecule has 5 heteroatoms. The summed E-state index contributed by atoms with van der Waals surface area (Å²) in [6.45, 7) is 2.43. The average molecular weight is 256 g/mol. The quantitative estimate of drug-likeness (QED) is 0.868. The third-order valence-electron chi connectivity index (χ3n) is 2.82.